The summed E-state index contributed by atoms with van der Waals surface area (Å²) < 4.78 is 1.65. The van der Waals surface area contributed by atoms with Gasteiger partial charge in [0.1, 0.15) is 0 Å². The van der Waals surface area contributed by atoms with Crippen molar-refractivity contribution in [2.24, 2.45) is 18.9 Å². The van der Waals surface area contributed by atoms with Gasteiger partial charge >= 0.3 is 0 Å². The minimum atomic E-state index is -0.0190. The van der Waals surface area contributed by atoms with E-state index in [1.165, 1.54) is 19.3 Å². The summed E-state index contributed by atoms with van der Waals surface area (Å²) in [5, 5.41) is 4.09. The van der Waals surface area contributed by atoms with Crippen LogP contribution in [0.4, 0.5) is 0 Å². The second-order valence-corrected chi connectivity index (χ2v) is 7.33. The molecule has 0 radical (unpaired) electrons. The highest BCUT2D eigenvalue weighted by Gasteiger charge is 2.43. The SMILES string of the molecule is Cn1cc(C(=O)N2CC3CCC(C2)N(CC2CCC2)C3=O)cn1. The Balaban J connectivity index is 1.52. The average Bonchev–Trinajstić information content (AvgIpc) is 2.75. The molecular formula is C17H24N4O2. The van der Waals surface area contributed by atoms with Crippen LogP contribution in [-0.2, 0) is 11.8 Å². The fraction of sp³-hybridized carbons (Fsp3) is 0.706. The van der Waals surface area contributed by atoms with Crippen molar-refractivity contribution < 1.29 is 9.59 Å². The van der Waals surface area contributed by atoms with Gasteiger partial charge in [-0.25, -0.2) is 0 Å². The van der Waals surface area contributed by atoms with Crippen molar-refractivity contribution in [3.05, 3.63) is 18.0 Å². The second-order valence-electron chi connectivity index (χ2n) is 7.33. The lowest BCUT2D eigenvalue weighted by atomic mass is 9.83. The van der Waals surface area contributed by atoms with Crippen LogP contribution in [0.15, 0.2) is 12.4 Å². The Morgan fingerprint density at radius 3 is 2.74 bits per heavy atom. The fourth-order valence-corrected chi connectivity index (χ4v) is 4.11. The number of carbonyl (C=O) groups excluding carboxylic acids is 2. The first-order valence-electron chi connectivity index (χ1n) is 8.70. The zero-order chi connectivity index (χ0) is 16.0. The molecule has 4 heterocycles. The van der Waals surface area contributed by atoms with Gasteiger partial charge in [-0.1, -0.05) is 6.42 Å². The number of hydrogen-bond acceptors (Lipinski definition) is 3. The molecule has 2 amide bonds. The van der Waals surface area contributed by atoms with Crippen LogP contribution < -0.4 is 0 Å². The number of aryl methyl sites for hydroxylation is 1. The average molecular weight is 316 g/mol. The van der Waals surface area contributed by atoms with Crippen LogP contribution in [0.1, 0.15) is 42.5 Å². The van der Waals surface area contributed by atoms with E-state index in [0.717, 1.165) is 19.4 Å². The molecule has 1 aliphatic carbocycles. The van der Waals surface area contributed by atoms with E-state index in [4.69, 9.17) is 0 Å². The molecule has 2 bridgehead atoms. The Morgan fingerprint density at radius 1 is 1.26 bits per heavy atom. The van der Waals surface area contributed by atoms with E-state index in [1.807, 2.05) is 11.9 Å². The highest BCUT2D eigenvalue weighted by atomic mass is 16.2. The lowest BCUT2D eigenvalue weighted by Gasteiger charge is -2.40. The van der Waals surface area contributed by atoms with Gasteiger partial charge in [0.2, 0.25) is 5.91 Å². The van der Waals surface area contributed by atoms with Crippen LogP contribution in [0.2, 0.25) is 0 Å². The minimum Gasteiger partial charge on any atom is -0.337 e. The topological polar surface area (TPSA) is 58.4 Å². The first-order valence-corrected chi connectivity index (χ1v) is 8.70. The number of hydrogen-bond donors (Lipinski definition) is 0. The molecule has 6 nitrogen and oxygen atoms in total. The lowest BCUT2D eigenvalue weighted by molar-refractivity contribution is -0.141. The molecule has 6 heteroatoms. The van der Waals surface area contributed by atoms with Gasteiger partial charge in [0, 0.05) is 38.9 Å². The van der Waals surface area contributed by atoms with Gasteiger partial charge in [-0.15, -0.1) is 0 Å². The van der Waals surface area contributed by atoms with E-state index in [0.29, 0.717) is 24.6 Å². The molecule has 4 aliphatic rings. The predicted molar refractivity (Wildman–Crippen MR) is 84.7 cm³/mol. The third-order valence-corrected chi connectivity index (χ3v) is 5.71. The number of amides is 2. The normalized spacial score (nSPS) is 28.0. The van der Waals surface area contributed by atoms with Gasteiger partial charge in [-0.3, -0.25) is 14.3 Å². The highest BCUT2D eigenvalue weighted by molar-refractivity contribution is 5.94. The Bertz CT molecular complexity index is 622. The molecule has 0 spiro atoms. The van der Waals surface area contributed by atoms with E-state index >= 15 is 0 Å². The summed E-state index contributed by atoms with van der Waals surface area (Å²) in [7, 11) is 1.81. The lowest BCUT2D eigenvalue weighted by Crippen LogP contribution is -2.50. The molecule has 2 unspecified atom stereocenters. The molecule has 0 N–H and O–H groups in total. The quantitative estimate of drug-likeness (QED) is 0.844. The van der Waals surface area contributed by atoms with Gasteiger partial charge in [0.05, 0.1) is 17.7 Å². The molecule has 1 aromatic heterocycles. The molecule has 2 atom stereocenters. The van der Waals surface area contributed by atoms with Crippen molar-refractivity contribution in [1.29, 1.82) is 0 Å². The first-order chi connectivity index (χ1) is 11.1. The molecule has 3 saturated heterocycles. The maximum atomic E-state index is 12.8. The molecule has 124 valence electrons. The third-order valence-electron chi connectivity index (χ3n) is 5.71. The monoisotopic (exact) mass is 316 g/mol. The van der Waals surface area contributed by atoms with Crippen LogP contribution in [0.5, 0.6) is 0 Å². The van der Waals surface area contributed by atoms with Gasteiger partial charge < -0.3 is 9.80 Å². The Hall–Kier alpha value is -1.85. The molecule has 1 aromatic rings. The Morgan fingerprint density at radius 2 is 2.09 bits per heavy atom. The van der Waals surface area contributed by atoms with Crippen LogP contribution in [0.25, 0.3) is 0 Å². The second kappa shape index (κ2) is 5.65. The molecule has 0 aromatic carbocycles. The number of rotatable bonds is 3. The molecule has 23 heavy (non-hydrogen) atoms. The van der Waals surface area contributed by atoms with Crippen LogP contribution >= 0.6 is 0 Å². The van der Waals surface area contributed by atoms with Gasteiger partial charge in [-0.2, -0.15) is 5.10 Å². The summed E-state index contributed by atoms with van der Waals surface area (Å²) in [5.74, 6) is 0.943. The van der Waals surface area contributed by atoms with E-state index in [2.05, 4.69) is 10.00 Å². The summed E-state index contributed by atoms with van der Waals surface area (Å²) >= 11 is 0. The predicted octanol–water partition coefficient (Wildman–Crippen LogP) is 1.28. The molecule has 5 rings (SSSR count). The van der Waals surface area contributed by atoms with Crippen molar-refractivity contribution in [2.75, 3.05) is 19.6 Å². The van der Waals surface area contributed by atoms with Gasteiger partial charge in [0.25, 0.3) is 5.91 Å². The van der Waals surface area contributed by atoms with E-state index in [9.17, 15) is 9.59 Å². The van der Waals surface area contributed by atoms with E-state index in [-0.39, 0.29) is 23.8 Å². The third kappa shape index (κ3) is 2.64. The van der Waals surface area contributed by atoms with Crippen LogP contribution in [0.3, 0.4) is 0 Å². The maximum absolute atomic E-state index is 12.8. The van der Waals surface area contributed by atoms with Crippen molar-refractivity contribution in [3.63, 3.8) is 0 Å². The van der Waals surface area contributed by atoms with Crippen molar-refractivity contribution in [3.8, 4) is 0 Å². The Kier molecular flexibility index (Phi) is 3.62. The van der Waals surface area contributed by atoms with E-state index in [1.54, 1.807) is 17.1 Å². The summed E-state index contributed by atoms with van der Waals surface area (Å²) in [6.07, 6.45) is 9.11. The molecular weight excluding hydrogens is 292 g/mol. The van der Waals surface area contributed by atoms with Gasteiger partial charge in [0.15, 0.2) is 0 Å². The zero-order valence-corrected chi connectivity index (χ0v) is 13.6. The van der Waals surface area contributed by atoms with Crippen molar-refractivity contribution >= 4 is 11.8 Å². The molecule has 3 aliphatic heterocycles. The Labute approximate surface area is 136 Å². The van der Waals surface area contributed by atoms with Crippen LogP contribution in [0, 0.1) is 11.8 Å². The smallest absolute Gasteiger partial charge is 0.257 e. The summed E-state index contributed by atoms with van der Waals surface area (Å²) in [6, 6.07) is 0.197. The van der Waals surface area contributed by atoms with Crippen molar-refractivity contribution in [1.82, 2.24) is 19.6 Å². The summed E-state index contributed by atoms with van der Waals surface area (Å²) in [6.45, 7) is 2.13. The highest BCUT2D eigenvalue weighted by Crippen LogP contribution is 2.34. The van der Waals surface area contributed by atoms with Gasteiger partial charge in [-0.05, 0) is 31.6 Å². The number of carbonyl (C=O) groups is 2. The minimum absolute atomic E-state index is 0.00768. The van der Waals surface area contributed by atoms with Crippen LogP contribution in [-0.4, -0.2) is 57.1 Å². The number of nitrogens with zero attached hydrogens (tertiary/aromatic N) is 4. The van der Waals surface area contributed by atoms with E-state index < -0.39 is 0 Å². The number of piperidine rings is 1. The standard InChI is InChI=1S/C17H24N4O2/c1-19-9-14(7-18-19)16(22)20-10-13-5-6-15(11-20)21(17(13)23)8-12-3-2-4-12/h7,9,12-13,15H,2-6,8,10-11H2,1H3. The fourth-order valence-electron chi connectivity index (χ4n) is 4.11. The van der Waals surface area contributed by atoms with Crippen molar-refractivity contribution in [2.45, 2.75) is 38.1 Å². The largest absolute Gasteiger partial charge is 0.337 e. The zero-order valence-electron chi connectivity index (χ0n) is 13.6. The number of aromatic nitrogens is 2. The number of fused-ring (bicyclic) bond motifs is 4. The molecule has 4 fully saturated rings. The summed E-state index contributed by atoms with van der Waals surface area (Å²) in [5.41, 5.74) is 0.617. The maximum Gasteiger partial charge on any atom is 0.257 e. The first kappa shape index (κ1) is 14.7. The molecule has 1 saturated carbocycles. The summed E-state index contributed by atoms with van der Waals surface area (Å²) in [4.78, 5) is 29.5.